The van der Waals surface area contributed by atoms with Gasteiger partial charge in [-0.3, -0.25) is 0 Å². The second-order valence-corrected chi connectivity index (χ2v) is 0.838. The van der Waals surface area contributed by atoms with Crippen LogP contribution >= 0.6 is 0 Å². The van der Waals surface area contributed by atoms with Gasteiger partial charge in [0.15, 0.2) is 0 Å². The molecule has 0 atom stereocenters. The Balaban J connectivity index is 0. The zero-order valence-corrected chi connectivity index (χ0v) is 8.76. The summed E-state index contributed by atoms with van der Waals surface area (Å²) in [4.78, 5) is 3.62. The molecule has 0 saturated carbocycles. The van der Waals surface area contributed by atoms with Gasteiger partial charge in [-0.05, 0) is 0 Å². The molecule has 1 radical (unpaired) electrons. The van der Waals surface area contributed by atoms with Gasteiger partial charge in [-0.15, -0.1) is 0 Å². The maximum absolute atomic E-state index is 3.62. The Morgan fingerprint density at radius 1 is 1.25 bits per heavy atom. The van der Waals surface area contributed by atoms with Crippen molar-refractivity contribution in [2.45, 2.75) is 0 Å². The molecule has 39 valence electrons. The monoisotopic (exact) mass is 222 g/mol. The zero-order valence-electron chi connectivity index (χ0n) is 4.21. The average molecular weight is 224 g/mol. The molecule has 0 spiro atoms. The van der Waals surface area contributed by atoms with Gasteiger partial charge in [0.2, 0.25) is 0 Å². The molecule has 0 saturated heterocycles. The van der Waals surface area contributed by atoms with Gasteiger partial charge in [0.05, 0.1) is 12.4 Å². The second-order valence-electron chi connectivity index (χ2n) is 0.838. The Kier molecular flexibility index (Phi) is 9.72. The minimum absolute atomic E-state index is 0. The maximum atomic E-state index is 3.62. The van der Waals surface area contributed by atoms with Crippen LogP contribution in [0.25, 0.3) is 0 Å². The van der Waals surface area contributed by atoms with Crippen LogP contribution in [0.1, 0.15) is 0 Å². The third kappa shape index (κ3) is 4.26. The molecule has 0 N–H and O–H groups in total. The van der Waals surface area contributed by atoms with E-state index in [4.69, 9.17) is 0 Å². The molecule has 0 aliphatic carbocycles. The van der Waals surface area contributed by atoms with Gasteiger partial charge in [0.1, 0.15) is 6.34 Å². The predicted octanol–water partition coefficient (Wildman–Crippen LogP) is -2.74. The molecule has 1 heterocycles. The fraction of sp³-hybridized carbons (Fsp3) is 0. The minimum atomic E-state index is 0. The molecule has 0 bridgehead atoms. The largest absolute Gasteiger partial charge is 1.00 e. The van der Waals surface area contributed by atoms with Crippen LogP contribution in [-0.2, 0) is 19.5 Å². The summed E-state index contributed by atoms with van der Waals surface area (Å²) in [5, 5.41) is 3.62. The molecule has 1 rings (SSSR count). The first kappa shape index (κ1) is 11.0. The van der Waals surface area contributed by atoms with Crippen LogP contribution in [-0.4, -0.2) is 6.34 Å². The number of hydrogen-bond acceptors (Lipinski definition) is 1. The van der Waals surface area contributed by atoms with Gasteiger partial charge >= 0.3 is 0 Å². The van der Waals surface area contributed by atoms with Crippen molar-refractivity contribution in [3.8, 4) is 0 Å². The average Bonchev–Trinajstić information content (AvgIpc) is 1.72. The SMILES string of the molecule is C1=C[N]C=NC=1.[Br-].[Zn]. The van der Waals surface area contributed by atoms with E-state index in [0.29, 0.717) is 0 Å². The molecule has 0 fully saturated rings. The quantitative estimate of drug-likeness (QED) is 0.315. The van der Waals surface area contributed by atoms with E-state index in [1.807, 2.05) is 0 Å². The molecule has 1 aliphatic heterocycles. The Labute approximate surface area is 71.3 Å². The van der Waals surface area contributed by atoms with Crippen LogP contribution in [0.4, 0.5) is 0 Å². The summed E-state index contributed by atoms with van der Waals surface area (Å²) in [6, 6.07) is 0. The van der Waals surface area contributed by atoms with Crippen molar-refractivity contribution in [2.24, 2.45) is 4.99 Å². The molecule has 2 nitrogen and oxygen atoms in total. The van der Waals surface area contributed by atoms with E-state index < -0.39 is 0 Å². The minimum Gasteiger partial charge on any atom is -1.00 e. The van der Waals surface area contributed by atoms with Crippen molar-refractivity contribution in [1.29, 1.82) is 0 Å². The second kappa shape index (κ2) is 7.09. The number of halogens is 1. The molecule has 0 aromatic carbocycles. The van der Waals surface area contributed by atoms with E-state index in [2.05, 4.69) is 16.0 Å². The topological polar surface area (TPSA) is 26.5 Å². The number of hydrogen-bond donors (Lipinski definition) is 0. The first-order chi connectivity index (χ1) is 3.00. The fourth-order valence-electron chi connectivity index (χ4n) is 0.225. The summed E-state index contributed by atoms with van der Waals surface area (Å²) < 4.78 is 0. The van der Waals surface area contributed by atoms with Gasteiger partial charge in [-0.1, -0.05) is 5.73 Å². The smallest absolute Gasteiger partial charge is 0.116 e. The van der Waals surface area contributed by atoms with Crippen molar-refractivity contribution in [3.05, 3.63) is 18.1 Å². The molecule has 1 aliphatic rings. The molecular weight excluding hydrogens is 221 g/mol. The van der Waals surface area contributed by atoms with E-state index in [0.717, 1.165) is 0 Å². The Bertz CT molecular complexity index is 126. The van der Waals surface area contributed by atoms with E-state index in [1.54, 1.807) is 12.4 Å². The van der Waals surface area contributed by atoms with Crippen LogP contribution in [0, 0.1) is 0 Å². The standard InChI is InChI=1S/C4H3N2.BrH.Zn/c1-2-5-4-6-3-1;;/h2-4H;1H;/p-1. The Morgan fingerprint density at radius 2 is 2.00 bits per heavy atom. The first-order valence-electron chi connectivity index (χ1n) is 1.61. The third-order valence-corrected chi connectivity index (χ3v) is 0.431. The molecule has 8 heavy (non-hydrogen) atoms. The summed E-state index contributed by atoms with van der Waals surface area (Å²) in [6.45, 7) is 0. The first-order valence-corrected chi connectivity index (χ1v) is 1.61. The van der Waals surface area contributed by atoms with Crippen LogP contribution in [0.2, 0.25) is 0 Å². The molecule has 0 amide bonds. The van der Waals surface area contributed by atoms with Crippen molar-refractivity contribution in [3.63, 3.8) is 0 Å². The molecule has 0 aromatic heterocycles. The zero-order chi connectivity index (χ0) is 4.24. The summed E-state index contributed by atoms with van der Waals surface area (Å²) in [5.74, 6) is 0. The van der Waals surface area contributed by atoms with Crippen LogP contribution in [0.3, 0.4) is 0 Å². The van der Waals surface area contributed by atoms with Crippen LogP contribution in [0.15, 0.2) is 23.1 Å². The summed E-state index contributed by atoms with van der Waals surface area (Å²) >= 11 is 0. The van der Waals surface area contributed by atoms with E-state index >= 15 is 0 Å². The normalized spacial score (nSPS) is 11.0. The maximum Gasteiger partial charge on any atom is 0.116 e. The predicted molar refractivity (Wildman–Crippen MR) is 23.3 cm³/mol. The Hall–Kier alpha value is 0.0934. The van der Waals surface area contributed by atoms with Gasteiger partial charge in [0, 0.05) is 19.5 Å². The Morgan fingerprint density at radius 3 is 2.12 bits per heavy atom. The van der Waals surface area contributed by atoms with E-state index in [9.17, 15) is 0 Å². The van der Waals surface area contributed by atoms with Gasteiger partial charge in [-0.25, -0.2) is 10.3 Å². The summed E-state index contributed by atoms with van der Waals surface area (Å²) in [5.41, 5.74) is 2.67. The van der Waals surface area contributed by atoms with Crippen molar-refractivity contribution in [1.82, 2.24) is 5.32 Å². The van der Waals surface area contributed by atoms with Crippen molar-refractivity contribution < 1.29 is 36.5 Å². The number of nitrogens with zero attached hydrogens (tertiary/aromatic N) is 2. The van der Waals surface area contributed by atoms with Crippen LogP contribution in [0.5, 0.6) is 0 Å². The molecule has 4 heteroatoms. The van der Waals surface area contributed by atoms with Gasteiger partial charge in [-0.2, -0.15) is 0 Å². The molecule has 0 unspecified atom stereocenters. The molecule has 0 aromatic rings. The van der Waals surface area contributed by atoms with E-state index in [-0.39, 0.29) is 36.5 Å². The van der Waals surface area contributed by atoms with Crippen LogP contribution < -0.4 is 22.3 Å². The fourth-order valence-corrected chi connectivity index (χ4v) is 0.225. The van der Waals surface area contributed by atoms with Crippen molar-refractivity contribution >= 4 is 6.34 Å². The third-order valence-electron chi connectivity index (χ3n) is 0.431. The number of rotatable bonds is 0. The molecular formula is C4H3BrN2Zn-. The summed E-state index contributed by atoms with van der Waals surface area (Å²) in [7, 11) is 0. The van der Waals surface area contributed by atoms with Gasteiger partial charge < -0.3 is 17.0 Å². The van der Waals surface area contributed by atoms with Crippen molar-refractivity contribution in [2.75, 3.05) is 0 Å². The van der Waals surface area contributed by atoms with Gasteiger partial charge in [0.25, 0.3) is 0 Å². The number of aliphatic imine (C=N–C) groups is 1. The summed E-state index contributed by atoms with van der Waals surface area (Å²) in [6.07, 6.45) is 4.59. The van der Waals surface area contributed by atoms with E-state index in [1.165, 1.54) is 6.34 Å².